The van der Waals surface area contributed by atoms with Gasteiger partial charge in [-0.15, -0.1) is 0 Å². The van der Waals surface area contributed by atoms with Gasteiger partial charge in [-0.1, -0.05) is 217 Å². The largest absolute Gasteiger partial charge is 0.462 e. The summed E-state index contributed by atoms with van der Waals surface area (Å²) >= 11 is 0. The van der Waals surface area contributed by atoms with Gasteiger partial charge in [-0.05, 0) is 64.2 Å². The fraction of sp³-hybridized carbons (Fsp3) is 0.808. The van der Waals surface area contributed by atoms with E-state index < -0.39 is 18.2 Å². The van der Waals surface area contributed by atoms with Gasteiger partial charge >= 0.3 is 5.97 Å². The van der Waals surface area contributed by atoms with Crippen molar-refractivity contribution in [2.45, 2.75) is 264 Å². The van der Waals surface area contributed by atoms with Crippen molar-refractivity contribution in [3.63, 3.8) is 0 Å². The number of carbonyl (C=O) groups is 2. The van der Waals surface area contributed by atoms with E-state index in [0.29, 0.717) is 19.3 Å². The van der Waals surface area contributed by atoms with Gasteiger partial charge in [0.2, 0.25) is 5.91 Å². The van der Waals surface area contributed by atoms with Gasteiger partial charge in [0.05, 0.1) is 25.2 Å². The molecule has 0 aromatic carbocycles. The number of allylic oxidation sites excluding steroid dienone is 8. The van der Waals surface area contributed by atoms with E-state index in [2.05, 4.69) is 74.7 Å². The highest BCUT2D eigenvalue weighted by Gasteiger charge is 2.24. The quantitative estimate of drug-likeness (QED) is 0.0323. The van der Waals surface area contributed by atoms with E-state index in [1.165, 1.54) is 116 Å². The van der Waals surface area contributed by atoms with Crippen LogP contribution in [0.3, 0.4) is 0 Å². The molecule has 0 fully saturated rings. The van der Waals surface area contributed by atoms with Crippen LogP contribution in [0.5, 0.6) is 0 Å². The molecule has 0 aliphatic heterocycles. The van der Waals surface area contributed by atoms with Crippen LogP contribution in [0, 0.1) is 0 Å². The number of ether oxygens (including phenoxy) is 1. The summed E-state index contributed by atoms with van der Waals surface area (Å²) in [6, 6.07) is -0.705. The third-order valence-electron chi connectivity index (χ3n) is 11.2. The SMILES string of the molecule is CC/C=C/C/C=C/C/C=C/C/C=C/CCCCCC(=O)OC(CCCCCCCCCCCCCCC)CC(=O)NC(CO)C(O)CCCCCCCCCCCC. The average Bonchev–Trinajstić information content (AvgIpc) is 3.22. The number of aliphatic hydroxyl groups excluding tert-OH is 2. The highest BCUT2D eigenvalue weighted by Crippen LogP contribution is 2.18. The molecule has 0 aliphatic rings. The van der Waals surface area contributed by atoms with Gasteiger partial charge in [0.25, 0.3) is 0 Å². The van der Waals surface area contributed by atoms with Gasteiger partial charge in [-0.3, -0.25) is 9.59 Å². The number of hydrogen-bond donors (Lipinski definition) is 3. The van der Waals surface area contributed by atoms with Crippen molar-refractivity contribution < 1.29 is 24.5 Å². The van der Waals surface area contributed by atoms with Crippen molar-refractivity contribution >= 4 is 11.9 Å². The molecule has 1 amide bonds. The molecule has 0 saturated heterocycles. The number of unbranched alkanes of at least 4 members (excludes halogenated alkanes) is 24. The first kappa shape index (κ1) is 55.8. The van der Waals surface area contributed by atoms with E-state index in [0.717, 1.165) is 83.5 Å². The standard InChI is InChI=1S/C52H95NO5/c1-4-7-10-13-16-19-22-24-25-26-28-30-33-36-39-42-45-52(57)58-48(43-40-37-34-31-29-27-23-20-17-14-11-8-5-2)46-51(56)53-49(47-54)50(55)44-41-38-35-32-21-18-15-12-9-6-3/h7,10,16,19,24-25,28,30,48-50,54-55H,4-6,8-9,11-15,17-18,20-23,26-27,29,31-47H2,1-3H3,(H,53,56)/b10-7+,19-16+,25-24+,30-28+. The Kier molecular flexibility index (Phi) is 44.2. The van der Waals surface area contributed by atoms with E-state index in [1.54, 1.807) is 0 Å². The van der Waals surface area contributed by atoms with Crippen molar-refractivity contribution in [1.82, 2.24) is 5.32 Å². The van der Waals surface area contributed by atoms with Crippen molar-refractivity contribution in [3.8, 4) is 0 Å². The van der Waals surface area contributed by atoms with Crippen LogP contribution in [-0.2, 0) is 14.3 Å². The maximum absolute atomic E-state index is 13.2. The number of esters is 1. The van der Waals surface area contributed by atoms with Crippen LogP contribution < -0.4 is 5.32 Å². The molecule has 6 heteroatoms. The molecular weight excluding hydrogens is 719 g/mol. The molecule has 6 nitrogen and oxygen atoms in total. The first-order valence-corrected chi connectivity index (χ1v) is 24.9. The number of nitrogens with one attached hydrogen (secondary N) is 1. The molecule has 3 atom stereocenters. The summed E-state index contributed by atoms with van der Waals surface area (Å²) in [6.07, 6.45) is 54.5. The molecule has 0 aliphatic carbocycles. The zero-order chi connectivity index (χ0) is 42.4. The normalized spacial score (nSPS) is 13.7. The monoisotopic (exact) mass is 814 g/mol. The summed E-state index contributed by atoms with van der Waals surface area (Å²) < 4.78 is 5.91. The Bertz CT molecular complexity index is 1000. The summed E-state index contributed by atoms with van der Waals surface area (Å²) in [4.78, 5) is 26.1. The van der Waals surface area contributed by atoms with Gasteiger partial charge in [0.15, 0.2) is 0 Å². The average molecular weight is 814 g/mol. The Balaban J connectivity index is 4.62. The molecule has 0 radical (unpaired) electrons. The van der Waals surface area contributed by atoms with Crippen LogP contribution in [0.25, 0.3) is 0 Å². The number of amides is 1. The van der Waals surface area contributed by atoms with E-state index in [1.807, 2.05) is 0 Å². The van der Waals surface area contributed by atoms with Crippen LogP contribution in [0.2, 0.25) is 0 Å². The predicted molar refractivity (Wildman–Crippen MR) is 250 cm³/mol. The lowest BCUT2D eigenvalue weighted by Crippen LogP contribution is -2.46. The van der Waals surface area contributed by atoms with Crippen LogP contribution in [0.1, 0.15) is 245 Å². The lowest BCUT2D eigenvalue weighted by molar-refractivity contribution is -0.151. The van der Waals surface area contributed by atoms with Crippen molar-refractivity contribution in [1.29, 1.82) is 0 Å². The highest BCUT2D eigenvalue weighted by atomic mass is 16.5. The minimum atomic E-state index is -0.790. The first-order chi connectivity index (χ1) is 28.5. The molecule has 0 rings (SSSR count). The number of rotatable bonds is 44. The van der Waals surface area contributed by atoms with Crippen molar-refractivity contribution in [2.75, 3.05) is 6.61 Å². The van der Waals surface area contributed by atoms with Crippen molar-refractivity contribution in [3.05, 3.63) is 48.6 Å². The van der Waals surface area contributed by atoms with E-state index in [-0.39, 0.29) is 24.9 Å². The minimum absolute atomic E-state index is 0.0668. The second-order valence-corrected chi connectivity index (χ2v) is 16.8. The molecule has 0 saturated carbocycles. The van der Waals surface area contributed by atoms with Crippen LogP contribution >= 0.6 is 0 Å². The lowest BCUT2D eigenvalue weighted by Gasteiger charge is -2.24. The maximum Gasteiger partial charge on any atom is 0.306 e. The van der Waals surface area contributed by atoms with Gasteiger partial charge < -0.3 is 20.3 Å². The number of aliphatic hydroxyl groups is 2. The molecule has 338 valence electrons. The van der Waals surface area contributed by atoms with Gasteiger partial charge in [0.1, 0.15) is 6.10 Å². The van der Waals surface area contributed by atoms with Crippen LogP contribution in [0.15, 0.2) is 48.6 Å². The highest BCUT2D eigenvalue weighted by molar-refractivity contribution is 5.77. The molecule has 3 N–H and O–H groups in total. The molecule has 0 heterocycles. The zero-order valence-electron chi connectivity index (χ0n) is 38.4. The Labute approximate surface area is 359 Å². The second-order valence-electron chi connectivity index (χ2n) is 16.8. The van der Waals surface area contributed by atoms with Crippen LogP contribution in [0.4, 0.5) is 0 Å². The third kappa shape index (κ3) is 40.6. The fourth-order valence-electron chi connectivity index (χ4n) is 7.42. The van der Waals surface area contributed by atoms with Gasteiger partial charge in [-0.25, -0.2) is 0 Å². The minimum Gasteiger partial charge on any atom is -0.462 e. The number of hydrogen-bond acceptors (Lipinski definition) is 5. The number of carbonyl (C=O) groups excluding carboxylic acids is 2. The lowest BCUT2D eigenvalue weighted by atomic mass is 10.0. The van der Waals surface area contributed by atoms with E-state index >= 15 is 0 Å². The maximum atomic E-state index is 13.2. The Hall–Kier alpha value is -2.18. The molecule has 0 aromatic heterocycles. The Morgan fingerprint density at radius 2 is 0.931 bits per heavy atom. The van der Waals surface area contributed by atoms with Gasteiger partial charge in [-0.2, -0.15) is 0 Å². The second kappa shape index (κ2) is 45.9. The predicted octanol–water partition coefficient (Wildman–Crippen LogP) is 14.7. The molecule has 3 unspecified atom stereocenters. The molecule has 0 bridgehead atoms. The van der Waals surface area contributed by atoms with E-state index in [9.17, 15) is 19.8 Å². The summed E-state index contributed by atoms with van der Waals surface area (Å²) in [5.41, 5.74) is 0. The topological polar surface area (TPSA) is 95.9 Å². The summed E-state index contributed by atoms with van der Waals surface area (Å²) in [7, 11) is 0. The summed E-state index contributed by atoms with van der Waals surface area (Å²) in [6.45, 7) is 6.35. The molecule has 58 heavy (non-hydrogen) atoms. The molecular formula is C52H95NO5. The van der Waals surface area contributed by atoms with Crippen molar-refractivity contribution in [2.24, 2.45) is 0 Å². The van der Waals surface area contributed by atoms with Crippen LogP contribution in [-0.4, -0.2) is 46.9 Å². The fourth-order valence-corrected chi connectivity index (χ4v) is 7.42. The Morgan fingerprint density at radius 3 is 1.40 bits per heavy atom. The first-order valence-electron chi connectivity index (χ1n) is 24.9. The smallest absolute Gasteiger partial charge is 0.306 e. The third-order valence-corrected chi connectivity index (χ3v) is 11.2. The summed E-state index contributed by atoms with van der Waals surface area (Å²) in [5.74, 6) is -0.505. The Morgan fingerprint density at radius 1 is 0.517 bits per heavy atom. The summed E-state index contributed by atoms with van der Waals surface area (Å²) in [5, 5.41) is 23.7. The molecule has 0 aromatic rings. The van der Waals surface area contributed by atoms with Gasteiger partial charge in [0, 0.05) is 6.42 Å². The zero-order valence-corrected chi connectivity index (χ0v) is 38.4. The van der Waals surface area contributed by atoms with E-state index in [4.69, 9.17) is 4.74 Å². The molecule has 0 spiro atoms.